The van der Waals surface area contributed by atoms with Gasteiger partial charge < -0.3 is 14.4 Å². The van der Waals surface area contributed by atoms with Crippen molar-refractivity contribution in [2.75, 3.05) is 14.2 Å². The monoisotopic (exact) mass is 343 g/mol. The highest BCUT2D eigenvalue weighted by Gasteiger charge is 2.40. The maximum absolute atomic E-state index is 12.5. The fraction of sp³-hybridized carbons (Fsp3) is 0.389. The number of ether oxygens (including phenoxy) is 2. The minimum Gasteiger partial charge on any atom is -0.497 e. The molecule has 0 aliphatic carbocycles. The van der Waals surface area contributed by atoms with E-state index in [1.54, 1.807) is 37.7 Å². The molecule has 2 heterocycles. The number of aryl methyl sites for hydroxylation is 1. The van der Waals surface area contributed by atoms with Gasteiger partial charge in [-0.2, -0.15) is 5.10 Å². The van der Waals surface area contributed by atoms with Crippen molar-refractivity contribution in [2.24, 2.45) is 7.05 Å². The molecule has 25 heavy (non-hydrogen) atoms. The molecule has 1 aromatic carbocycles. The average Bonchev–Trinajstić information content (AvgIpc) is 3.09. The highest BCUT2D eigenvalue weighted by Crippen LogP contribution is 2.34. The summed E-state index contributed by atoms with van der Waals surface area (Å²) in [5, 5.41) is 4.03. The molecule has 1 fully saturated rings. The summed E-state index contributed by atoms with van der Waals surface area (Å²) in [5.74, 6) is 0.0363. The number of nitrogens with zero attached hydrogens (tertiary/aromatic N) is 3. The average molecular weight is 343 g/mol. The molecular weight excluding hydrogens is 322 g/mol. The Labute approximate surface area is 146 Å². The van der Waals surface area contributed by atoms with Crippen molar-refractivity contribution in [2.45, 2.75) is 25.5 Å². The van der Waals surface area contributed by atoms with Crippen LogP contribution >= 0.6 is 0 Å². The highest BCUT2D eigenvalue weighted by molar-refractivity contribution is 5.93. The summed E-state index contributed by atoms with van der Waals surface area (Å²) in [7, 11) is 5.08. The lowest BCUT2D eigenvalue weighted by Crippen LogP contribution is -2.30. The predicted octanol–water partition coefficient (Wildman–Crippen LogP) is 1.87. The molecule has 0 saturated carbocycles. The van der Waals surface area contributed by atoms with Gasteiger partial charge in [-0.25, -0.2) is 4.79 Å². The van der Waals surface area contributed by atoms with E-state index in [1.807, 2.05) is 24.3 Å². The van der Waals surface area contributed by atoms with Gasteiger partial charge in [0.15, 0.2) is 6.10 Å². The molecule has 132 valence electrons. The molecule has 1 amide bonds. The lowest BCUT2D eigenvalue weighted by Gasteiger charge is -2.19. The zero-order chi connectivity index (χ0) is 18.1. The Morgan fingerprint density at radius 2 is 1.92 bits per heavy atom. The third-order valence-corrected chi connectivity index (χ3v) is 4.73. The molecule has 1 saturated heterocycles. The summed E-state index contributed by atoms with van der Waals surface area (Å²) in [6.07, 6.45) is 1.10. The van der Waals surface area contributed by atoms with Gasteiger partial charge in [0.2, 0.25) is 0 Å². The standard InChI is InChI=1S/C18H21N3O4/c1-11-14(10-19-21(11)3)18(23)25-16-9-15(20(2)17(16)22)12-5-7-13(24-4)8-6-12/h5-8,10,15-16H,9H2,1-4H3/t15-,16-/m0/s1. The van der Waals surface area contributed by atoms with Crippen molar-refractivity contribution in [1.82, 2.24) is 14.7 Å². The first kappa shape index (κ1) is 17.0. The lowest BCUT2D eigenvalue weighted by atomic mass is 10.0. The van der Waals surface area contributed by atoms with E-state index < -0.39 is 12.1 Å². The highest BCUT2D eigenvalue weighted by atomic mass is 16.5. The molecule has 7 heteroatoms. The van der Waals surface area contributed by atoms with Crippen LogP contribution in [0, 0.1) is 6.92 Å². The largest absolute Gasteiger partial charge is 0.497 e. The van der Waals surface area contributed by atoms with Crippen molar-refractivity contribution in [3.8, 4) is 5.75 Å². The summed E-state index contributed by atoms with van der Waals surface area (Å²) < 4.78 is 12.2. The summed E-state index contributed by atoms with van der Waals surface area (Å²) in [6, 6.07) is 7.41. The quantitative estimate of drug-likeness (QED) is 0.792. The van der Waals surface area contributed by atoms with Crippen LogP contribution in [0.25, 0.3) is 0 Å². The number of carbonyl (C=O) groups excluding carboxylic acids is 2. The first-order chi connectivity index (χ1) is 11.9. The minimum absolute atomic E-state index is 0.133. The van der Waals surface area contributed by atoms with E-state index in [0.29, 0.717) is 17.7 Å². The van der Waals surface area contributed by atoms with Crippen molar-refractivity contribution >= 4 is 11.9 Å². The summed E-state index contributed by atoms with van der Waals surface area (Å²) in [4.78, 5) is 26.4. The Morgan fingerprint density at radius 3 is 2.48 bits per heavy atom. The molecule has 0 spiro atoms. The molecule has 0 unspecified atom stereocenters. The molecule has 0 bridgehead atoms. The van der Waals surface area contributed by atoms with Crippen LogP contribution in [0.2, 0.25) is 0 Å². The molecule has 2 atom stereocenters. The van der Waals surface area contributed by atoms with Gasteiger partial charge >= 0.3 is 5.97 Å². The predicted molar refractivity (Wildman–Crippen MR) is 90.3 cm³/mol. The molecule has 3 rings (SSSR count). The van der Waals surface area contributed by atoms with Crippen molar-refractivity contribution in [3.63, 3.8) is 0 Å². The molecule has 1 aliphatic rings. The number of amides is 1. The van der Waals surface area contributed by atoms with E-state index in [-0.39, 0.29) is 11.9 Å². The van der Waals surface area contributed by atoms with Crippen LogP contribution in [-0.2, 0) is 16.6 Å². The Hall–Kier alpha value is -2.83. The molecule has 0 radical (unpaired) electrons. The number of likely N-dealkylation sites (tertiary alicyclic amines) is 1. The van der Waals surface area contributed by atoms with Gasteiger partial charge in [-0.3, -0.25) is 9.48 Å². The smallest absolute Gasteiger partial charge is 0.342 e. The van der Waals surface area contributed by atoms with E-state index in [0.717, 1.165) is 11.3 Å². The van der Waals surface area contributed by atoms with Crippen molar-refractivity contribution in [1.29, 1.82) is 0 Å². The number of esters is 1. The third kappa shape index (κ3) is 3.09. The van der Waals surface area contributed by atoms with Gasteiger partial charge in [0, 0.05) is 26.2 Å². The number of aromatic nitrogens is 2. The second kappa shape index (κ2) is 6.58. The van der Waals surface area contributed by atoms with E-state index >= 15 is 0 Å². The molecule has 0 N–H and O–H groups in total. The summed E-state index contributed by atoms with van der Waals surface area (Å²) in [5.41, 5.74) is 2.06. The van der Waals surface area contributed by atoms with Crippen molar-refractivity contribution < 1.29 is 19.1 Å². The number of hydrogen-bond acceptors (Lipinski definition) is 5. The van der Waals surface area contributed by atoms with Gasteiger partial charge in [0.1, 0.15) is 11.3 Å². The SMILES string of the molecule is COc1ccc([C@@H]2C[C@H](OC(=O)c3cnn(C)c3C)C(=O)N2C)cc1. The number of rotatable bonds is 4. The molecule has 1 aromatic heterocycles. The van der Waals surface area contributed by atoms with Crippen molar-refractivity contribution in [3.05, 3.63) is 47.3 Å². The molecule has 2 aromatic rings. The van der Waals surface area contributed by atoms with Crippen LogP contribution in [0.4, 0.5) is 0 Å². The van der Waals surface area contributed by atoms with E-state index in [9.17, 15) is 9.59 Å². The first-order valence-electron chi connectivity index (χ1n) is 8.02. The number of benzene rings is 1. The second-order valence-electron chi connectivity index (χ2n) is 6.14. The fourth-order valence-corrected chi connectivity index (χ4v) is 3.02. The van der Waals surface area contributed by atoms with Crippen LogP contribution in [0.5, 0.6) is 5.75 Å². The zero-order valence-corrected chi connectivity index (χ0v) is 14.7. The number of likely N-dealkylation sites (N-methyl/N-ethyl adjacent to an activating group) is 1. The van der Waals surface area contributed by atoms with Gasteiger partial charge in [0.25, 0.3) is 5.91 Å². The molecule has 7 nitrogen and oxygen atoms in total. The van der Waals surface area contributed by atoms with Crippen LogP contribution in [0.1, 0.15) is 34.1 Å². The number of carbonyl (C=O) groups is 2. The van der Waals surface area contributed by atoms with Crippen LogP contribution in [0.3, 0.4) is 0 Å². The van der Waals surface area contributed by atoms with Crippen LogP contribution in [0.15, 0.2) is 30.5 Å². The maximum atomic E-state index is 12.5. The Balaban J connectivity index is 1.74. The first-order valence-corrected chi connectivity index (χ1v) is 8.02. The minimum atomic E-state index is -0.788. The molecule has 1 aliphatic heterocycles. The van der Waals surface area contributed by atoms with Crippen LogP contribution in [-0.4, -0.2) is 46.8 Å². The fourth-order valence-electron chi connectivity index (χ4n) is 3.02. The van der Waals surface area contributed by atoms with Crippen LogP contribution < -0.4 is 4.74 Å². The van der Waals surface area contributed by atoms with Gasteiger partial charge in [-0.1, -0.05) is 12.1 Å². The third-order valence-electron chi connectivity index (χ3n) is 4.73. The second-order valence-corrected chi connectivity index (χ2v) is 6.14. The number of methoxy groups -OCH3 is 1. The van der Waals surface area contributed by atoms with E-state index in [1.165, 1.54) is 6.20 Å². The van der Waals surface area contributed by atoms with E-state index in [2.05, 4.69) is 5.10 Å². The van der Waals surface area contributed by atoms with Gasteiger partial charge in [-0.05, 0) is 24.6 Å². The summed E-state index contributed by atoms with van der Waals surface area (Å²) in [6.45, 7) is 1.78. The van der Waals surface area contributed by atoms with E-state index in [4.69, 9.17) is 9.47 Å². The van der Waals surface area contributed by atoms with Gasteiger partial charge in [0.05, 0.1) is 19.3 Å². The van der Waals surface area contributed by atoms with Gasteiger partial charge in [-0.15, -0.1) is 0 Å². The lowest BCUT2D eigenvalue weighted by molar-refractivity contribution is -0.134. The summed E-state index contributed by atoms with van der Waals surface area (Å²) >= 11 is 0. The topological polar surface area (TPSA) is 73.7 Å². The number of hydrogen-bond donors (Lipinski definition) is 0. The Morgan fingerprint density at radius 1 is 1.24 bits per heavy atom. The molecular formula is C18H21N3O4. The normalized spacial score (nSPS) is 20.0. The Kier molecular flexibility index (Phi) is 4.48. The Bertz CT molecular complexity index is 797. The maximum Gasteiger partial charge on any atom is 0.342 e. The zero-order valence-electron chi connectivity index (χ0n) is 14.7.